The third-order valence-corrected chi connectivity index (χ3v) is 6.44. The van der Waals surface area contributed by atoms with Gasteiger partial charge in [0.05, 0.1) is 0 Å². The van der Waals surface area contributed by atoms with Crippen molar-refractivity contribution in [1.82, 2.24) is 5.06 Å². The molecule has 37 heavy (non-hydrogen) atoms. The van der Waals surface area contributed by atoms with E-state index in [0.717, 1.165) is 19.3 Å². The van der Waals surface area contributed by atoms with Gasteiger partial charge in [-0.15, -0.1) is 5.06 Å². The largest absolute Gasteiger partial charge is 0.451 e. The highest BCUT2D eigenvalue weighted by Gasteiger charge is 2.35. The molecule has 0 bridgehead atoms. The lowest BCUT2D eigenvalue weighted by molar-refractivity contribution is -0.206. The number of esters is 2. The van der Waals surface area contributed by atoms with Gasteiger partial charge in [-0.05, 0) is 20.3 Å². The zero-order valence-electron chi connectivity index (χ0n) is 23.1. The summed E-state index contributed by atoms with van der Waals surface area (Å²) in [6.45, 7) is 4.85. The minimum absolute atomic E-state index is 0.0351. The van der Waals surface area contributed by atoms with E-state index in [4.69, 9.17) is 14.3 Å². The number of imide groups is 1. The van der Waals surface area contributed by atoms with Crippen LogP contribution in [0.15, 0.2) is 0 Å². The van der Waals surface area contributed by atoms with E-state index < -0.39 is 41.9 Å². The molecule has 1 rings (SSSR count). The summed E-state index contributed by atoms with van der Waals surface area (Å²) in [6, 6.07) is 0. The molecular formula is C28H47NO8. The van der Waals surface area contributed by atoms with Crippen LogP contribution in [-0.4, -0.2) is 47.0 Å². The molecule has 0 aliphatic carbocycles. The Hall–Kier alpha value is -2.45. The molecule has 0 N–H and O–H groups in total. The fraction of sp³-hybridized carbons (Fsp3) is 0.821. The number of hydroxylamine groups is 2. The van der Waals surface area contributed by atoms with E-state index in [-0.39, 0.29) is 19.3 Å². The van der Waals surface area contributed by atoms with Gasteiger partial charge in [-0.3, -0.25) is 14.4 Å². The average Bonchev–Trinajstić information content (AvgIpc) is 3.18. The summed E-state index contributed by atoms with van der Waals surface area (Å²) in [5.74, 6) is -3.72. The van der Waals surface area contributed by atoms with Gasteiger partial charge in [-0.25, -0.2) is 9.59 Å². The van der Waals surface area contributed by atoms with E-state index >= 15 is 0 Å². The molecule has 212 valence electrons. The van der Waals surface area contributed by atoms with Gasteiger partial charge in [-0.2, -0.15) is 0 Å². The third-order valence-electron chi connectivity index (χ3n) is 6.44. The smallest absolute Gasteiger partial charge is 0.373 e. The zero-order valence-corrected chi connectivity index (χ0v) is 23.1. The molecule has 1 saturated heterocycles. The second-order valence-electron chi connectivity index (χ2n) is 9.90. The summed E-state index contributed by atoms with van der Waals surface area (Å²) in [5.41, 5.74) is 0. The number of carbonyl (C=O) groups excluding carboxylic acids is 5. The van der Waals surface area contributed by atoms with Crippen molar-refractivity contribution in [3.05, 3.63) is 0 Å². The first-order valence-electron chi connectivity index (χ1n) is 14.2. The maximum Gasteiger partial charge on any atom is 0.373 e. The maximum absolute atomic E-state index is 12.1. The Labute approximate surface area is 221 Å². The standard InChI is InChI=1S/C28H47NO8/c1-4-5-6-7-8-9-10-11-12-13-14-15-16-17-18-19-26(32)35-22(2)27(33)36-23(3)28(34)37-29-24(30)20-21-25(29)31/h22-23H,4-21H2,1-3H3. The molecule has 2 amide bonds. The van der Waals surface area contributed by atoms with Gasteiger partial charge in [0.25, 0.3) is 11.8 Å². The van der Waals surface area contributed by atoms with Gasteiger partial charge in [-0.1, -0.05) is 96.8 Å². The number of amides is 2. The second kappa shape index (κ2) is 19.6. The summed E-state index contributed by atoms with van der Waals surface area (Å²) >= 11 is 0. The van der Waals surface area contributed by atoms with E-state index in [1.165, 1.54) is 84.5 Å². The van der Waals surface area contributed by atoms with Crippen LogP contribution in [0.4, 0.5) is 0 Å². The zero-order chi connectivity index (χ0) is 27.5. The molecule has 9 nitrogen and oxygen atoms in total. The van der Waals surface area contributed by atoms with Crippen molar-refractivity contribution in [2.75, 3.05) is 0 Å². The molecule has 0 aromatic rings. The highest BCUT2D eigenvalue weighted by atomic mass is 16.7. The SMILES string of the molecule is CCCCCCCCCCCCCCCCCC(=O)OC(C)C(=O)OC(C)C(=O)ON1C(=O)CCC1=O. The summed E-state index contributed by atoms with van der Waals surface area (Å²) in [6.07, 6.45) is 16.1. The first kappa shape index (κ1) is 32.6. The minimum atomic E-state index is -1.37. The molecular weight excluding hydrogens is 478 g/mol. The predicted octanol–water partition coefficient (Wildman–Crippen LogP) is 5.72. The van der Waals surface area contributed by atoms with Crippen molar-refractivity contribution in [2.45, 2.75) is 149 Å². The van der Waals surface area contributed by atoms with Gasteiger partial charge < -0.3 is 14.3 Å². The Bertz CT molecular complexity index is 707. The molecule has 2 atom stereocenters. The normalized spacial score (nSPS) is 14.9. The molecule has 1 aliphatic heterocycles. The van der Waals surface area contributed by atoms with E-state index in [1.807, 2.05) is 0 Å². The number of rotatable bonds is 21. The minimum Gasteiger partial charge on any atom is -0.451 e. The predicted molar refractivity (Wildman–Crippen MR) is 138 cm³/mol. The number of carbonyl (C=O) groups is 5. The monoisotopic (exact) mass is 525 g/mol. The number of hydrogen-bond donors (Lipinski definition) is 0. The van der Waals surface area contributed by atoms with Crippen LogP contribution in [0.2, 0.25) is 0 Å². The first-order chi connectivity index (χ1) is 17.8. The Morgan fingerprint density at radius 2 is 1.05 bits per heavy atom. The fourth-order valence-electron chi connectivity index (χ4n) is 4.09. The van der Waals surface area contributed by atoms with Crippen LogP contribution in [0, 0.1) is 0 Å². The van der Waals surface area contributed by atoms with E-state index in [9.17, 15) is 24.0 Å². The molecule has 2 unspecified atom stereocenters. The van der Waals surface area contributed by atoms with Crippen molar-refractivity contribution in [3.8, 4) is 0 Å². The topological polar surface area (TPSA) is 116 Å². The molecule has 9 heteroatoms. The van der Waals surface area contributed by atoms with Crippen molar-refractivity contribution in [3.63, 3.8) is 0 Å². The molecule has 0 aromatic carbocycles. The van der Waals surface area contributed by atoms with Crippen LogP contribution in [-0.2, 0) is 38.3 Å². The second-order valence-corrected chi connectivity index (χ2v) is 9.90. The van der Waals surface area contributed by atoms with Gasteiger partial charge in [0, 0.05) is 19.3 Å². The van der Waals surface area contributed by atoms with Crippen molar-refractivity contribution in [1.29, 1.82) is 0 Å². The highest BCUT2D eigenvalue weighted by molar-refractivity contribution is 6.01. The summed E-state index contributed by atoms with van der Waals surface area (Å²) in [7, 11) is 0. The Morgan fingerprint density at radius 3 is 1.51 bits per heavy atom. The Morgan fingerprint density at radius 1 is 0.649 bits per heavy atom. The number of ether oxygens (including phenoxy) is 2. The van der Waals surface area contributed by atoms with Crippen molar-refractivity contribution in [2.24, 2.45) is 0 Å². The van der Waals surface area contributed by atoms with Crippen LogP contribution in [0.25, 0.3) is 0 Å². The van der Waals surface area contributed by atoms with Crippen LogP contribution in [0.5, 0.6) is 0 Å². The van der Waals surface area contributed by atoms with Crippen molar-refractivity contribution < 1.29 is 38.3 Å². The van der Waals surface area contributed by atoms with Gasteiger partial charge in [0.2, 0.25) is 0 Å². The molecule has 1 aliphatic rings. The summed E-state index contributed by atoms with van der Waals surface area (Å²) < 4.78 is 10.0. The highest BCUT2D eigenvalue weighted by Crippen LogP contribution is 2.15. The number of unbranched alkanes of at least 4 members (excludes halogenated alkanes) is 14. The quantitative estimate of drug-likeness (QED) is 0.106. The molecule has 1 fully saturated rings. The van der Waals surface area contributed by atoms with Crippen LogP contribution in [0.1, 0.15) is 136 Å². The molecule has 1 heterocycles. The van der Waals surface area contributed by atoms with Crippen LogP contribution >= 0.6 is 0 Å². The number of nitrogens with zero attached hydrogens (tertiary/aromatic N) is 1. The molecule has 0 radical (unpaired) electrons. The first-order valence-corrected chi connectivity index (χ1v) is 14.2. The van der Waals surface area contributed by atoms with Gasteiger partial charge >= 0.3 is 17.9 Å². The van der Waals surface area contributed by atoms with Crippen LogP contribution in [0.3, 0.4) is 0 Å². The van der Waals surface area contributed by atoms with Gasteiger partial charge in [0.15, 0.2) is 12.2 Å². The average molecular weight is 526 g/mol. The lowest BCUT2D eigenvalue weighted by Gasteiger charge is -2.18. The summed E-state index contributed by atoms with van der Waals surface area (Å²) in [5, 5.41) is 0.382. The summed E-state index contributed by atoms with van der Waals surface area (Å²) in [4.78, 5) is 63.8. The fourth-order valence-corrected chi connectivity index (χ4v) is 4.09. The van der Waals surface area contributed by atoms with Gasteiger partial charge in [0.1, 0.15) is 0 Å². The van der Waals surface area contributed by atoms with Crippen LogP contribution < -0.4 is 0 Å². The molecule has 0 saturated carbocycles. The molecule has 0 aromatic heterocycles. The van der Waals surface area contributed by atoms with Crippen molar-refractivity contribution >= 4 is 29.7 Å². The third kappa shape index (κ3) is 14.8. The maximum atomic E-state index is 12.1. The number of hydrogen-bond acceptors (Lipinski definition) is 8. The Kier molecular flexibility index (Phi) is 17.3. The van der Waals surface area contributed by atoms with E-state index in [1.54, 1.807) is 0 Å². The Balaban J connectivity index is 2.02. The lowest BCUT2D eigenvalue weighted by atomic mass is 10.0. The molecule has 0 spiro atoms. The lowest BCUT2D eigenvalue weighted by Crippen LogP contribution is -2.38. The van der Waals surface area contributed by atoms with E-state index in [2.05, 4.69) is 6.92 Å². The van der Waals surface area contributed by atoms with E-state index in [0.29, 0.717) is 11.5 Å².